The SMILES string of the molecule is COC[C@]1(COC(=O)OC[C@@]2(COC)C(=O)C3CCN2CC3)C(=O)C2CCN1CC2. The maximum absolute atomic E-state index is 13.0. The van der Waals surface area contributed by atoms with Crippen LogP contribution in [-0.4, -0.2) is 105 Å². The molecule has 0 aliphatic carbocycles. The lowest BCUT2D eigenvalue weighted by atomic mass is 9.74. The zero-order chi connectivity index (χ0) is 21.4. The summed E-state index contributed by atoms with van der Waals surface area (Å²) in [5.74, 6) is 0.156. The summed E-state index contributed by atoms with van der Waals surface area (Å²) in [6.07, 6.45) is 2.49. The van der Waals surface area contributed by atoms with Gasteiger partial charge in [-0.05, 0) is 25.7 Å². The molecule has 0 aromatic heterocycles. The monoisotopic (exact) mass is 424 g/mol. The quantitative estimate of drug-likeness (QED) is 0.516. The van der Waals surface area contributed by atoms with Gasteiger partial charge >= 0.3 is 6.16 Å². The first-order chi connectivity index (χ1) is 14.5. The first-order valence-electron chi connectivity index (χ1n) is 10.8. The van der Waals surface area contributed by atoms with E-state index in [1.54, 1.807) is 14.2 Å². The normalized spacial score (nSPS) is 39.9. The maximum Gasteiger partial charge on any atom is 0.508 e. The number of carbonyl (C=O) groups excluding carboxylic acids is 3. The minimum atomic E-state index is -0.942. The molecular formula is C21H32N2O7. The van der Waals surface area contributed by atoms with E-state index < -0.39 is 17.2 Å². The minimum absolute atomic E-state index is 0.00190. The predicted molar refractivity (Wildman–Crippen MR) is 105 cm³/mol. The van der Waals surface area contributed by atoms with Gasteiger partial charge in [0.15, 0.2) is 11.6 Å². The molecule has 0 amide bonds. The highest BCUT2D eigenvalue weighted by molar-refractivity contribution is 5.93. The van der Waals surface area contributed by atoms with Crippen molar-refractivity contribution in [1.82, 2.24) is 9.80 Å². The number of ketones is 2. The van der Waals surface area contributed by atoms with Gasteiger partial charge in [0.25, 0.3) is 0 Å². The van der Waals surface area contributed by atoms with Gasteiger partial charge in [-0.3, -0.25) is 19.4 Å². The number of piperidine rings is 6. The highest BCUT2D eigenvalue weighted by Gasteiger charge is 2.55. The number of hydrogen-bond acceptors (Lipinski definition) is 9. The molecule has 2 atom stereocenters. The average molecular weight is 424 g/mol. The summed E-state index contributed by atoms with van der Waals surface area (Å²) in [4.78, 5) is 42.5. The van der Waals surface area contributed by atoms with Crippen molar-refractivity contribution in [2.75, 3.05) is 66.8 Å². The van der Waals surface area contributed by atoms with Crippen molar-refractivity contribution in [3.05, 3.63) is 0 Å². The van der Waals surface area contributed by atoms with Gasteiger partial charge in [-0.25, -0.2) is 4.79 Å². The average Bonchev–Trinajstić information content (AvgIpc) is 2.77. The molecule has 0 aromatic carbocycles. The summed E-state index contributed by atoms with van der Waals surface area (Å²) in [6, 6.07) is 0. The van der Waals surface area contributed by atoms with E-state index in [0.717, 1.165) is 51.9 Å². The minimum Gasteiger partial charge on any atom is -0.432 e. The first kappa shape index (κ1) is 21.7. The van der Waals surface area contributed by atoms with Crippen LogP contribution in [0.5, 0.6) is 0 Å². The van der Waals surface area contributed by atoms with Crippen molar-refractivity contribution in [2.45, 2.75) is 36.8 Å². The smallest absolute Gasteiger partial charge is 0.432 e. The van der Waals surface area contributed by atoms with Gasteiger partial charge in [0.05, 0.1) is 13.2 Å². The van der Waals surface area contributed by atoms with Gasteiger partial charge in [0.2, 0.25) is 0 Å². The van der Waals surface area contributed by atoms with Gasteiger partial charge in [0.1, 0.15) is 24.3 Å². The Hall–Kier alpha value is -1.55. The molecule has 6 aliphatic rings. The van der Waals surface area contributed by atoms with Gasteiger partial charge in [0, 0.05) is 52.2 Å². The van der Waals surface area contributed by atoms with Crippen molar-refractivity contribution in [3.8, 4) is 0 Å². The number of nitrogens with zero attached hydrogens (tertiary/aromatic N) is 2. The number of hydrogen-bond donors (Lipinski definition) is 0. The lowest BCUT2D eigenvalue weighted by Crippen LogP contribution is -2.70. The summed E-state index contributed by atoms with van der Waals surface area (Å²) in [5.41, 5.74) is -1.88. The zero-order valence-corrected chi connectivity index (χ0v) is 17.9. The molecule has 6 aliphatic heterocycles. The van der Waals surface area contributed by atoms with E-state index in [9.17, 15) is 14.4 Å². The van der Waals surface area contributed by atoms with Crippen LogP contribution in [0.25, 0.3) is 0 Å². The van der Waals surface area contributed by atoms with Gasteiger partial charge in [-0.2, -0.15) is 0 Å². The lowest BCUT2D eigenvalue weighted by molar-refractivity contribution is -0.162. The van der Waals surface area contributed by atoms with Crippen molar-refractivity contribution >= 4 is 17.7 Å². The van der Waals surface area contributed by atoms with Gasteiger partial charge in [-0.1, -0.05) is 0 Å². The van der Waals surface area contributed by atoms with Crippen LogP contribution in [0.3, 0.4) is 0 Å². The number of fused-ring (bicyclic) bond motifs is 6. The van der Waals surface area contributed by atoms with E-state index in [4.69, 9.17) is 18.9 Å². The highest BCUT2D eigenvalue weighted by Crippen LogP contribution is 2.38. The Balaban J connectivity index is 1.39. The third kappa shape index (κ3) is 3.45. The van der Waals surface area contributed by atoms with E-state index in [1.165, 1.54) is 0 Å². The van der Waals surface area contributed by atoms with Crippen LogP contribution in [0, 0.1) is 11.8 Å². The van der Waals surface area contributed by atoms with Crippen LogP contribution in [0.4, 0.5) is 4.79 Å². The molecule has 0 saturated carbocycles. The Labute approximate surface area is 176 Å². The van der Waals surface area contributed by atoms with Crippen LogP contribution in [-0.2, 0) is 28.5 Å². The molecule has 0 unspecified atom stereocenters. The predicted octanol–water partition coefficient (Wildman–Crippen LogP) is 0.499. The second-order valence-corrected chi connectivity index (χ2v) is 9.01. The molecule has 0 spiro atoms. The van der Waals surface area contributed by atoms with E-state index >= 15 is 0 Å². The fourth-order valence-electron chi connectivity index (χ4n) is 5.82. The molecule has 168 valence electrons. The molecule has 6 heterocycles. The summed E-state index contributed by atoms with van der Waals surface area (Å²) in [6.45, 7) is 3.31. The zero-order valence-electron chi connectivity index (χ0n) is 17.9. The second-order valence-electron chi connectivity index (χ2n) is 9.01. The van der Waals surface area contributed by atoms with Gasteiger partial charge < -0.3 is 18.9 Å². The maximum atomic E-state index is 13.0. The first-order valence-corrected chi connectivity index (χ1v) is 10.8. The fourth-order valence-corrected chi connectivity index (χ4v) is 5.82. The van der Waals surface area contributed by atoms with E-state index in [2.05, 4.69) is 9.80 Å². The van der Waals surface area contributed by atoms with Crippen molar-refractivity contribution in [3.63, 3.8) is 0 Å². The molecule has 6 fully saturated rings. The van der Waals surface area contributed by atoms with Crippen LogP contribution >= 0.6 is 0 Å². The Morgan fingerprint density at radius 1 is 0.767 bits per heavy atom. The number of Topliss-reactive ketones (excluding diaryl/α,β-unsaturated/α-hetero) is 2. The summed E-state index contributed by atoms with van der Waals surface area (Å²) in [7, 11) is 3.09. The molecule has 6 saturated heterocycles. The summed E-state index contributed by atoms with van der Waals surface area (Å²) >= 11 is 0. The van der Waals surface area contributed by atoms with E-state index in [1.807, 2.05) is 0 Å². The molecule has 30 heavy (non-hydrogen) atoms. The van der Waals surface area contributed by atoms with Crippen LogP contribution in [0.15, 0.2) is 0 Å². The topological polar surface area (TPSA) is 94.6 Å². The van der Waals surface area contributed by atoms with E-state index in [-0.39, 0.29) is 49.8 Å². The Kier molecular flexibility index (Phi) is 6.16. The van der Waals surface area contributed by atoms with E-state index in [0.29, 0.717) is 0 Å². The third-order valence-electron chi connectivity index (χ3n) is 7.48. The molecule has 6 rings (SSSR count). The molecule has 9 nitrogen and oxygen atoms in total. The Morgan fingerprint density at radius 3 is 1.43 bits per heavy atom. The molecule has 9 heteroatoms. The number of methoxy groups -OCH3 is 2. The fraction of sp³-hybridized carbons (Fsp3) is 0.857. The van der Waals surface area contributed by atoms with Crippen molar-refractivity contribution in [2.24, 2.45) is 11.8 Å². The highest BCUT2D eigenvalue weighted by atomic mass is 16.7. The Morgan fingerprint density at radius 2 is 1.13 bits per heavy atom. The molecular weight excluding hydrogens is 392 g/mol. The third-order valence-corrected chi connectivity index (χ3v) is 7.48. The van der Waals surface area contributed by atoms with Crippen LogP contribution in [0.1, 0.15) is 25.7 Å². The lowest BCUT2D eigenvalue weighted by Gasteiger charge is -2.52. The van der Waals surface area contributed by atoms with Crippen molar-refractivity contribution < 1.29 is 33.3 Å². The molecule has 0 N–H and O–H groups in total. The molecule has 0 radical (unpaired) electrons. The summed E-state index contributed by atoms with van der Waals surface area (Å²) < 4.78 is 21.5. The Bertz CT molecular complexity index is 629. The number of ether oxygens (including phenoxy) is 4. The van der Waals surface area contributed by atoms with Gasteiger partial charge in [-0.15, -0.1) is 0 Å². The van der Waals surface area contributed by atoms with Crippen LogP contribution in [0.2, 0.25) is 0 Å². The summed E-state index contributed by atoms with van der Waals surface area (Å²) in [5, 5.41) is 0. The molecule has 0 aromatic rings. The standard InChI is InChI=1S/C21H32N2O7/c1-27-11-20(17(24)15-3-7-22(20)8-4-15)13-29-19(26)30-14-21(12-28-2)18(25)16-5-9-23(21)10-6-16/h15-16H,3-14H2,1-2H3/t20-,21-/m0/s1. The number of carbonyl (C=O) groups is 3. The number of rotatable bonds is 8. The largest absolute Gasteiger partial charge is 0.508 e. The van der Waals surface area contributed by atoms with Crippen LogP contribution < -0.4 is 0 Å². The molecule has 4 bridgehead atoms. The van der Waals surface area contributed by atoms with Crippen molar-refractivity contribution in [1.29, 1.82) is 0 Å². The second kappa shape index (κ2) is 8.53.